The molecule has 1 fully saturated rings. The van der Waals surface area contributed by atoms with Gasteiger partial charge in [-0.15, -0.1) is 0 Å². The van der Waals surface area contributed by atoms with E-state index in [4.69, 9.17) is 21.3 Å². The van der Waals surface area contributed by atoms with Crippen molar-refractivity contribution in [2.24, 2.45) is 0 Å². The van der Waals surface area contributed by atoms with E-state index in [1.165, 1.54) is 0 Å². The van der Waals surface area contributed by atoms with E-state index in [2.05, 4.69) is 23.7 Å². The Kier molecular flexibility index (Phi) is 5.71. The Morgan fingerprint density at radius 3 is 2.61 bits per heavy atom. The molecule has 0 radical (unpaired) electrons. The fourth-order valence-corrected chi connectivity index (χ4v) is 3.60. The molecule has 1 atom stereocenters. The van der Waals surface area contributed by atoms with Crippen molar-refractivity contribution in [3.8, 4) is 0 Å². The molecule has 2 aromatic heterocycles. The van der Waals surface area contributed by atoms with E-state index in [9.17, 15) is 4.79 Å². The van der Waals surface area contributed by atoms with Crippen molar-refractivity contribution in [1.82, 2.24) is 14.9 Å². The van der Waals surface area contributed by atoms with Gasteiger partial charge in [-0.3, -0.25) is 0 Å². The maximum atomic E-state index is 12.3. The Morgan fingerprint density at radius 2 is 2.04 bits per heavy atom. The molecule has 2 aromatic rings. The number of amides is 1. The van der Waals surface area contributed by atoms with Crippen LogP contribution in [0, 0.1) is 0 Å². The van der Waals surface area contributed by atoms with Crippen LogP contribution in [0.15, 0.2) is 18.5 Å². The first-order valence-electron chi connectivity index (χ1n) is 9.71. The maximum absolute atomic E-state index is 12.3. The van der Waals surface area contributed by atoms with Gasteiger partial charge in [-0.25, -0.2) is 14.8 Å². The second-order valence-electron chi connectivity index (χ2n) is 8.74. The average molecular weight is 405 g/mol. The molecule has 1 aliphatic rings. The summed E-state index contributed by atoms with van der Waals surface area (Å²) in [4.78, 5) is 25.2. The number of carbonyl (C=O) groups excluding carboxylic acids is 1. The number of pyridine rings is 2. The second kappa shape index (κ2) is 7.74. The quantitative estimate of drug-likeness (QED) is 0.681. The number of likely N-dealkylation sites (N-methyl/N-ethyl adjacent to an activating group) is 1. The van der Waals surface area contributed by atoms with E-state index in [0.29, 0.717) is 17.6 Å². The smallest absolute Gasteiger partial charge is 0.410 e. The summed E-state index contributed by atoms with van der Waals surface area (Å²) in [6, 6.07) is 2.12. The van der Waals surface area contributed by atoms with E-state index < -0.39 is 5.60 Å². The molecule has 3 rings (SSSR count). The monoisotopic (exact) mass is 404 g/mol. The largest absolute Gasteiger partial charge is 0.444 e. The van der Waals surface area contributed by atoms with Crippen molar-refractivity contribution in [3.05, 3.63) is 29.2 Å². The SMILES string of the molecule is CC(C)c1cnc(N2CC[C@H]2CN(C)C(=O)OC(C)(C)C)c2cnc(Cl)cc12. The lowest BCUT2D eigenvalue weighted by atomic mass is 9.97. The summed E-state index contributed by atoms with van der Waals surface area (Å²) in [6.07, 6.45) is 4.44. The summed E-state index contributed by atoms with van der Waals surface area (Å²) in [5, 5.41) is 2.57. The number of rotatable bonds is 4. The zero-order chi connectivity index (χ0) is 20.6. The van der Waals surface area contributed by atoms with E-state index in [1.54, 1.807) is 18.1 Å². The van der Waals surface area contributed by atoms with Crippen molar-refractivity contribution in [2.75, 3.05) is 25.0 Å². The lowest BCUT2D eigenvalue weighted by Crippen LogP contribution is -2.54. The van der Waals surface area contributed by atoms with Gasteiger partial charge in [0, 0.05) is 44.0 Å². The number of hydrogen-bond acceptors (Lipinski definition) is 5. The van der Waals surface area contributed by atoms with Crippen molar-refractivity contribution in [2.45, 2.75) is 58.6 Å². The number of anilines is 1. The van der Waals surface area contributed by atoms with Crippen LogP contribution in [-0.4, -0.2) is 52.7 Å². The molecule has 1 amide bonds. The van der Waals surface area contributed by atoms with Gasteiger partial charge in [0.15, 0.2) is 0 Å². The van der Waals surface area contributed by atoms with E-state index in [0.717, 1.165) is 35.1 Å². The Morgan fingerprint density at radius 1 is 1.32 bits per heavy atom. The third-order valence-corrected chi connectivity index (χ3v) is 5.18. The molecule has 3 heterocycles. The summed E-state index contributed by atoms with van der Waals surface area (Å²) in [6.45, 7) is 11.4. The predicted molar refractivity (Wildman–Crippen MR) is 113 cm³/mol. The Labute approximate surface area is 171 Å². The third-order valence-electron chi connectivity index (χ3n) is 4.98. The molecule has 0 bridgehead atoms. The molecule has 1 saturated heterocycles. The Hall–Kier alpha value is -2.08. The van der Waals surface area contributed by atoms with Crippen LogP contribution in [-0.2, 0) is 4.74 Å². The number of fused-ring (bicyclic) bond motifs is 1. The highest BCUT2D eigenvalue weighted by Crippen LogP contribution is 2.35. The van der Waals surface area contributed by atoms with Crippen LogP contribution in [0.2, 0.25) is 5.15 Å². The van der Waals surface area contributed by atoms with Gasteiger partial charge in [0.05, 0.1) is 0 Å². The van der Waals surface area contributed by atoms with Crippen molar-refractivity contribution < 1.29 is 9.53 Å². The van der Waals surface area contributed by atoms with Crippen LogP contribution >= 0.6 is 11.6 Å². The van der Waals surface area contributed by atoms with Crippen LogP contribution in [0.3, 0.4) is 0 Å². The number of carbonyl (C=O) groups is 1. The third kappa shape index (κ3) is 4.32. The molecular formula is C21H29ClN4O2. The number of nitrogens with zero attached hydrogens (tertiary/aromatic N) is 4. The minimum Gasteiger partial charge on any atom is -0.444 e. The fourth-order valence-electron chi connectivity index (χ4n) is 3.45. The lowest BCUT2D eigenvalue weighted by Gasteiger charge is -2.44. The zero-order valence-electron chi connectivity index (χ0n) is 17.5. The van der Waals surface area contributed by atoms with E-state index >= 15 is 0 Å². The number of halogens is 1. The molecule has 152 valence electrons. The normalized spacial score (nSPS) is 17.0. The first-order chi connectivity index (χ1) is 13.1. The highest BCUT2D eigenvalue weighted by molar-refractivity contribution is 6.30. The molecule has 28 heavy (non-hydrogen) atoms. The van der Waals surface area contributed by atoms with Crippen molar-refractivity contribution in [1.29, 1.82) is 0 Å². The van der Waals surface area contributed by atoms with E-state index in [-0.39, 0.29) is 12.1 Å². The lowest BCUT2D eigenvalue weighted by molar-refractivity contribution is 0.0279. The summed E-state index contributed by atoms with van der Waals surface area (Å²) in [5.74, 6) is 1.24. The summed E-state index contributed by atoms with van der Waals surface area (Å²) < 4.78 is 5.46. The molecule has 1 aliphatic heterocycles. The molecule has 6 nitrogen and oxygen atoms in total. The second-order valence-corrected chi connectivity index (χ2v) is 9.13. The topological polar surface area (TPSA) is 58.6 Å². The highest BCUT2D eigenvalue weighted by atomic mass is 35.5. The van der Waals surface area contributed by atoms with Gasteiger partial charge >= 0.3 is 6.09 Å². The van der Waals surface area contributed by atoms with Crippen LogP contribution in [0.1, 0.15) is 52.5 Å². The molecule has 0 unspecified atom stereocenters. The van der Waals surface area contributed by atoms with Crippen molar-refractivity contribution in [3.63, 3.8) is 0 Å². The van der Waals surface area contributed by atoms with Crippen LogP contribution in [0.4, 0.5) is 10.6 Å². The number of hydrogen-bond donors (Lipinski definition) is 0. The summed E-state index contributed by atoms with van der Waals surface area (Å²) >= 11 is 6.16. The molecule has 0 aliphatic carbocycles. The van der Waals surface area contributed by atoms with Crippen LogP contribution in [0.25, 0.3) is 10.8 Å². The molecule has 0 spiro atoms. The fraction of sp³-hybridized carbons (Fsp3) is 0.571. The average Bonchev–Trinajstić information content (AvgIpc) is 2.56. The molecular weight excluding hydrogens is 376 g/mol. The zero-order valence-corrected chi connectivity index (χ0v) is 18.2. The first kappa shape index (κ1) is 20.6. The standard InChI is InChI=1S/C21H29ClN4O2/c1-13(2)16-10-24-19(17-11-23-18(22)9-15(16)17)26-8-7-14(26)12-25(6)20(27)28-21(3,4)5/h9-11,13-14H,7-8,12H2,1-6H3/t14-/m0/s1. The molecule has 0 N–H and O–H groups in total. The molecule has 7 heteroatoms. The molecule has 0 aromatic carbocycles. The predicted octanol–water partition coefficient (Wildman–Crippen LogP) is 4.85. The minimum absolute atomic E-state index is 0.203. The van der Waals surface area contributed by atoms with Gasteiger partial charge in [0.2, 0.25) is 0 Å². The van der Waals surface area contributed by atoms with Crippen molar-refractivity contribution >= 4 is 34.3 Å². The maximum Gasteiger partial charge on any atom is 0.410 e. The highest BCUT2D eigenvalue weighted by Gasteiger charge is 2.33. The van der Waals surface area contributed by atoms with Crippen LogP contribution in [0.5, 0.6) is 0 Å². The van der Waals surface area contributed by atoms with Crippen LogP contribution < -0.4 is 4.90 Å². The number of ether oxygens (including phenoxy) is 1. The van der Waals surface area contributed by atoms with Gasteiger partial charge in [0.1, 0.15) is 16.6 Å². The van der Waals surface area contributed by atoms with E-state index in [1.807, 2.05) is 33.0 Å². The molecule has 0 saturated carbocycles. The first-order valence-corrected chi connectivity index (χ1v) is 10.1. The van der Waals surface area contributed by atoms with Gasteiger partial charge < -0.3 is 14.5 Å². The summed E-state index contributed by atoms with van der Waals surface area (Å²) in [7, 11) is 1.78. The van der Waals surface area contributed by atoms with Gasteiger partial charge in [-0.1, -0.05) is 25.4 Å². The van der Waals surface area contributed by atoms with Gasteiger partial charge in [0.25, 0.3) is 0 Å². The summed E-state index contributed by atoms with van der Waals surface area (Å²) in [5.41, 5.74) is 0.658. The van der Waals surface area contributed by atoms with Gasteiger partial charge in [-0.2, -0.15) is 0 Å². The minimum atomic E-state index is -0.500. The van der Waals surface area contributed by atoms with Gasteiger partial charge in [-0.05, 0) is 50.1 Å². The Bertz CT molecular complexity index is 879. The number of aromatic nitrogens is 2. The Balaban J connectivity index is 1.83.